The van der Waals surface area contributed by atoms with E-state index in [-0.39, 0.29) is 0 Å². The highest BCUT2D eigenvalue weighted by Crippen LogP contribution is 2.20. The third kappa shape index (κ3) is 5.25. The summed E-state index contributed by atoms with van der Waals surface area (Å²) in [6.45, 7) is 11.8. The molecule has 6 heteroatoms. The van der Waals surface area contributed by atoms with Gasteiger partial charge in [-0.05, 0) is 38.3 Å². The molecule has 1 aliphatic rings. The topological polar surface area (TPSA) is 65.7 Å². The molecule has 27 heavy (non-hydrogen) atoms. The number of hydrogen-bond acceptors (Lipinski definition) is 4. The third-order valence-corrected chi connectivity index (χ3v) is 4.83. The summed E-state index contributed by atoms with van der Waals surface area (Å²) in [5, 5.41) is 11.0. The van der Waals surface area contributed by atoms with E-state index in [1.54, 1.807) is 0 Å². The lowest BCUT2D eigenvalue weighted by Crippen LogP contribution is -2.44. The quantitative estimate of drug-likeness (QED) is 0.603. The molecule has 6 nitrogen and oxygen atoms in total. The largest absolute Gasteiger partial charge is 0.369 e. The van der Waals surface area contributed by atoms with Crippen molar-refractivity contribution < 1.29 is 4.52 Å². The molecule has 1 saturated heterocycles. The van der Waals surface area contributed by atoms with Crippen LogP contribution in [-0.2, 0) is 6.54 Å². The molecule has 1 aliphatic heterocycles. The van der Waals surface area contributed by atoms with Gasteiger partial charge in [0, 0.05) is 37.4 Å². The summed E-state index contributed by atoms with van der Waals surface area (Å²) in [6.07, 6.45) is 1.10. The predicted octanol–water partition coefficient (Wildman–Crippen LogP) is 3.44. The van der Waals surface area contributed by atoms with E-state index in [0.29, 0.717) is 18.5 Å². The van der Waals surface area contributed by atoms with Gasteiger partial charge in [0.25, 0.3) is 0 Å². The highest BCUT2D eigenvalue weighted by molar-refractivity contribution is 5.80. The molecule has 0 spiro atoms. The summed E-state index contributed by atoms with van der Waals surface area (Å²) in [5.41, 5.74) is 3.56. The van der Waals surface area contributed by atoms with Gasteiger partial charge in [-0.1, -0.05) is 36.7 Å². The molecule has 1 aromatic carbocycles. The standard InChI is InChI=1S/C21H31N5O/c1-5-22-21(23-13-19-12-20(15(2)3)25-27-19)24-17-10-11-26(14-17)18-8-6-16(4)7-9-18/h6-9,12,15,17H,5,10-11,13-14H2,1-4H3,(H2,22,23,24). The number of aromatic nitrogens is 1. The molecule has 0 saturated carbocycles. The first-order valence-electron chi connectivity index (χ1n) is 9.87. The first-order valence-corrected chi connectivity index (χ1v) is 9.87. The number of rotatable bonds is 6. The summed E-state index contributed by atoms with van der Waals surface area (Å²) in [5.74, 6) is 1.99. The maximum absolute atomic E-state index is 5.39. The lowest BCUT2D eigenvalue weighted by atomic mass is 10.1. The molecule has 146 valence electrons. The Morgan fingerprint density at radius 2 is 2.11 bits per heavy atom. The molecule has 0 bridgehead atoms. The average molecular weight is 370 g/mol. The fourth-order valence-corrected chi connectivity index (χ4v) is 3.21. The number of aliphatic imine (C=N–C) groups is 1. The molecule has 2 N–H and O–H groups in total. The monoisotopic (exact) mass is 369 g/mol. The van der Waals surface area contributed by atoms with E-state index in [1.165, 1.54) is 11.3 Å². The van der Waals surface area contributed by atoms with Crippen LogP contribution in [0.3, 0.4) is 0 Å². The van der Waals surface area contributed by atoms with Crippen molar-refractivity contribution in [1.82, 2.24) is 15.8 Å². The molecule has 0 radical (unpaired) electrons. The van der Waals surface area contributed by atoms with Gasteiger partial charge in [-0.15, -0.1) is 0 Å². The first kappa shape index (κ1) is 19.3. The van der Waals surface area contributed by atoms with Crippen LogP contribution in [0, 0.1) is 6.92 Å². The van der Waals surface area contributed by atoms with Gasteiger partial charge in [-0.2, -0.15) is 0 Å². The molecule has 0 amide bonds. The Kier molecular flexibility index (Phi) is 6.37. The zero-order valence-corrected chi connectivity index (χ0v) is 16.8. The zero-order chi connectivity index (χ0) is 19.2. The van der Waals surface area contributed by atoms with Crippen molar-refractivity contribution in [1.29, 1.82) is 0 Å². The van der Waals surface area contributed by atoms with E-state index in [0.717, 1.165) is 43.5 Å². The zero-order valence-electron chi connectivity index (χ0n) is 16.8. The van der Waals surface area contributed by atoms with Crippen LogP contribution in [0.1, 0.15) is 50.1 Å². The third-order valence-electron chi connectivity index (χ3n) is 4.83. The van der Waals surface area contributed by atoms with Crippen LogP contribution in [0.15, 0.2) is 39.8 Å². The van der Waals surface area contributed by atoms with Crippen LogP contribution in [-0.4, -0.2) is 36.8 Å². The number of nitrogens with zero attached hydrogens (tertiary/aromatic N) is 3. The number of aryl methyl sites for hydroxylation is 1. The smallest absolute Gasteiger partial charge is 0.191 e. The summed E-state index contributed by atoms with van der Waals surface area (Å²) in [6, 6.07) is 11.1. The lowest BCUT2D eigenvalue weighted by molar-refractivity contribution is 0.376. The van der Waals surface area contributed by atoms with Crippen LogP contribution in [0.2, 0.25) is 0 Å². The van der Waals surface area contributed by atoms with Crippen LogP contribution < -0.4 is 15.5 Å². The van der Waals surface area contributed by atoms with Crippen LogP contribution in [0.25, 0.3) is 0 Å². The normalized spacial score (nSPS) is 17.6. The number of nitrogens with one attached hydrogen (secondary N) is 2. The molecule has 0 aliphatic carbocycles. The van der Waals surface area contributed by atoms with Crippen LogP contribution in [0.5, 0.6) is 0 Å². The van der Waals surface area contributed by atoms with E-state index in [4.69, 9.17) is 4.52 Å². The highest BCUT2D eigenvalue weighted by Gasteiger charge is 2.23. The van der Waals surface area contributed by atoms with Gasteiger partial charge in [0.2, 0.25) is 0 Å². The second-order valence-corrected chi connectivity index (χ2v) is 7.48. The number of hydrogen-bond donors (Lipinski definition) is 2. The van der Waals surface area contributed by atoms with Gasteiger partial charge < -0.3 is 20.1 Å². The van der Waals surface area contributed by atoms with E-state index in [2.05, 4.69) is 77.6 Å². The molecule has 1 fully saturated rings. The fraction of sp³-hybridized carbons (Fsp3) is 0.524. The molecular weight excluding hydrogens is 338 g/mol. The first-order chi connectivity index (χ1) is 13.0. The maximum Gasteiger partial charge on any atom is 0.191 e. The Morgan fingerprint density at radius 1 is 1.33 bits per heavy atom. The van der Waals surface area contributed by atoms with Gasteiger partial charge >= 0.3 is 0 Å². The Balaban J connectivity index is 1.58. The Labute approximate surface area is 162 Å². The highest BCUT2D eigenvalue weighted by atomic mass is 16.5. The van der Waals surface area contributed by atoms with Crippen molar-refractivity contribution in [3.63, 3.8) is 0 Å². The predicted molar refractivity (Wildman–Crippen MR) is 110 cm³/mol. The van der Waals surface area contributed by atoms with Crippen molar-refractivity contribution in [2.24, 2.45) is 4.99 Å². The van der Waals surface area contributed by atoms with Crippen molar-refractivity contribution >= 4 is 11.6 Å². The molecule has 2 aromatic rings. The van der Waals surface area contributed by atoms with Crippen molar-refractivity contribution in [3.05, 3.63) is 47.3 Å². The Bertz CT molecular complexity index is 750. The second kappa shape index (κ2) is 8.93. The number of benzene rings is 1. The van der Waals surface area contributed by atoms with E-state index < -0.39 is 0 Å². The molecule has 1 atom stereocenters. The van der Waals surface area contributed by atoms with Gasteiger partial charge in [0.1, 0.15) is 6.54 Å². The fourth-order valence-electron chi connectivity index (χ4n) is 3.21. The SMILES string of the molecule is CCNC(=NCc1cc(C(C)C)no1)NC1CCN(c2ccc(C)cc2)C1. The molecule has 2 heterocycles. The van der Waals surface area contributed by atoms with Crippen molar-refractivity contribution in [3.8, 4) is 0 Å². The van der Waals surface area contributed by atoms with Crippen molar-refractivity contribution in [2.75, 3.05) is 24.5 Å². The van der Waals surface area contributed by atoms with Gasteiger partial charge in [0.15, 0.2) is 11.7 Å². The molecular formula is C21H31N5O. The van der Waals surface area contributed by atoms with Gasteiger partial charge in [0.05, 0.1) is 5.69 Å². The maximum atomic E-state index is 5.39. The minimum absolute atomic E-state index is 0.365. The molecule has 1 unspecified atom stereocenters. The number of guanidine groups is 1. The van der Waals surface area contributed by atoms with Crippen LogP contribution >= 0.6 is 0 Å². The Morgan fingerprint density at radius 3 is 2.78 bits per heavy atom. The lowest BCUT2D eigenvalue weighted by Gasteiger charge is -2.20. The van der Waals surface area contributed by atoms with Gasteiger partial charge in [-0.3, -0.25) is 0 Å². The van der Waals surface area contributed by atoms with E-state index >= 15 is 0 Å². The van der Waals surface area contributed by atoms with E-state index in [1.807, 2.05) is 6.07 Å². The summed E-state index contributed by atoms with van der Waals surface area (Å²) >= 11 is 0. The summed E-state index contributed by atoms with van der Waals surface area (Å²) in [7, 11) is 0. The van der Waals surface area contributed by atoms with Gasteiger partial charge in [-0.25, -0.2) is 4.99 Å². The Hall–Kier alpha value is -2.50. The summed E-state index contributed by atoms with van der Waals surface area (Å²) in [4.78, 5) is 7.09. The number of anilines is 1. The second-order valence-electron chi connectivity index (χ2n) is 7.48. The average Bonchev–Trinajstić information content (AvgIpc) is 3.30. The molecule has 1 aromatic heterocycles. The van der Waals surface area contributed by atoms with Crippen molar-refractivity contribution in [2.45, 2.75) is 52.6 Å². The van der Waals surface area contributed by atoms with E-state index in [9.17, 15) is 0 Å². The minimum atomic E-state index is 0.365. The molecule has 3 rings (SSSR count). The van der Waals surface area contributed by atoms with Crippen LogP contribution in [0.4, 0.5) is 5.69 Å². The summed E-state index contributed by atoms with van der Waals surface area (Å²) < 4.78 is 5.39. The minimum Gasteiger partial charge on any atom is -0.369 e.